The van der Waals surface area contributed by atoms with Gasteiger partial charge in [-0.05, 0) is 42.7 Å². The summed E-state index contributed by atoms with van der Waals surface area (Å²) in [6.45, 7) is 3.44. The number of carbonyl (C=O) groups is 1. The molecule has 0 saturated carbocycles. The van der Waals surface area contributed by atoms with Crippen molar-refractivity contribution >= 4 is 34.4 Å². The number of nitrogens with one attached hydrogen (secondary N) is 2. The van der Waals surface area contributed by atoms with Gasteiger partial charge in [-0.25, -0.2) is 14.2 Å². The highest BCUT2D eigenvalue weighted by Gasteiger charge is 2.11. The number of aryl methyl sites for hydroxylation is 1. The highest BCUT2D eigenvalue weighted by atomic mass is 35.5. The molecule has 2 amide bonds. The first-order valence-electron chi connectivity index (χ1n) is 8.51. The van der Waals surface area contributed by atoms with E-state index in [1.807, 2.05) is 12.1 Å². The Kier molecular flexibility index (Phi) is 5.73. The molecule has 0 aliphatic heterocycles. The van der Waals surface area contributed by atoms with E-state index >= 15 is 0 Å². The number of hydrogen-bond acceptors (Lipinski definition) is 2. The van der Waals surface area contributed by atoms with Crippen molar-refractivity contribution in [2.75, 3.05) is 11.9 Å². The largest absolute Gasteiger partial charge is 0.338 e. The van der Waals surface area contributed by atoms with Gasteiger partial charge in [0.1, 0.15) is 5.65 Å². The summed E-state index contributed by atoms with van der Waals surface area (Å²) in [6.07, 6.45) is 5.54. The summed E-state index contributed by atoms with van der Waals surface area (Å²) in [6, 6.07) is 7.94. The number of carbonyl (C=O) groups excluding carboxylic acids is 1. The van der Waals surface area contributed by atoms with Crippen LogP contribution in [-0.2, 0) is 13.0 Å². The molecule has 3 rings (SSSR count). The standard InChI is InChI=1S/C19H20ClFN4O/c1-2-11-25-12-13(14-5-4-9-22-18(14)25)8-10-23-19(26)24-16-7-3-6-15(20)17(16)21/h3-7,9,12H,2,8,10-11H2,1H3,(H2,23,24,26). The third-order valence-electron chi connectivity index (χ3n) is 4.06. The van der Waals surface area contributed by atoms with Crippen LogP contribution in [0.5, 0.6) is 0 Å². The minimum atomic E-state index is -0.641. The molecule has 0 aliphatic carbocycles. The lowest BCUT2D eigenvalue weighted by Gasteiger charge is -2.08. The van der Waals surface area contributed by atoms with Crippen LogP contribution in [0, 0.1) is 5.82 Å². The van der Waals surface area contributed by atoms with E-state index in [0.29, 0.717) is 13.0 Å². The topological polar surface area (TPSA) is 59.0 Å². The molecule has 26 heavy (non-hydrogen) atoms. The fraction of sp³-hybridized carbons (Fsp3) is 0.263. The molecular formula is C19H20ClFN4O. The number of pyridine rings is 1. The van der Waals surface area contributed by atoms with Crippen LogP contribution in [0.1, 0.15) is 18.9 Å². The van der Waals surface area contributed by atoms with Gasteiger partial charge in [-0.1, -0.05) is 24.6 Å². The van der Waals surface area contributed by atoms with Crippen LogP contribution in [-0.4, -0.2) is 22.1 Å². The van der Waals surface area contributed by atoms with E-state index in [9.17, 15) is 9.18 Å². The maximum absolute atomic E-state index is 13.8. The van der Waals surface area contributed by atoms with E-state index in [1.54, 1.807) is 12.3 Å². The van der Waals surface area contributed by atoms with E-state index in [1.165, 1.54) is 12.1 Å². The molecule has 7 heteroatoms. The second kappa shape index (κ2) is 8.19. The molecule has 3 aromatic rings. The molecule has 0 spiro atoms. The minimum absolute atomic E-state index is 0.0287. The molecular weight excluding hydrogens is 355 g/mol. The average Bonchev–Trinajstić information content (AvgIpc) is 2.98. The number of rotatable bonds is 6. The summed E-state index contributed by atoms with van der Waals surface area (Å²) in [7, 11) is 0. The Labute approximate surface area is 156 Å². The third-order valence-corrected chi connectivity index (χ3v) is 4.35. The van der Waals surface area contributed by atoms with E-state index < -0.39 is 11.8 Å². The average molecular weight is 375 g/mol. The molecule has 0 atom stereocenters. The van der Waals surface area contributed by atoms with Gasteiger partial charge in [-0.15, -0.1) is 0 Å². The van der Waals surface area contributed by atoms with Crippen molar-refractivity contribution in [1.82, 2.24) is 14.9 Å². The maximum Gasteiger partial charge on any atom is 0.319 e. The van der Waals surface area contributed by atoms with Gasteiger partial charge in [0.2, 0.25) is 0 Å². The first-order valence-corrected chi connectivity index (χ1v) is 8.89. The molecule has 0 fully saturated rings. The van der Waals surface area contributed by atoms with Crippen molar-refractivity contribution in [3.05, 3.63) is 59.1 Å². The van der Waals surface area contributed by atoms with Crippen molar-refractivity contribution in [2.45, 2.75) is 26.3 Å². The monoisotopic (exact) mass is 374 g/mol. The van der Waals surface area contributed by atoms with Crippen LogP contribution < -0.4 is 10.6 Å². The van der Waals surface area contributed by atoms with Crippen molar-refractivity contribution in [1.29, 1.82) is 0 Å². The quantitative estimate of drug-likeness (QED) is 0.662. The van der Waals surface area contributed by atoms with E-state index in [2.05, 4.69) is 33.3 Å². The van der Waals surface area contributed by atoms with E-state index in [-0.39, 0.29) is 10.7 Å². The number of anilines is 1. The second-order valence-electron chi connectivity index (χ2n) is 5.95. The Morgan fingerprint density at radius 2 is 2.15 bits per heavy atom. The fourth-order valence-electron chi connectivity index (χ4n) is 2.88. The lowest BCUT2D eigenvalue weighted by Crippen LogP contribution is -2.30. The molecule has 5 nitrogen and oxygen atoms in total. The van der Waals surface area contributed by atoms with Crippen molar-refractivity contribution < 1.29 is 9.18 Å². The Morgan fingerprint density at radius 3 is 2.96 bits per heavy atom. The lowest BCUT2D eigenvalue weighted by molar-refractivity contribution is 0.252. The molecule has 1 aromatic carbocycles. The molecule has 0 unspecified atom stereocenters. The zero-order chi connectivity index (χ0) is 18.5. The van der Waals surface area contributed by atoms with Gasteiger partial charge in [-0.3, -0.25) is 0 Å². The van der Waals surface area contributed by atoms with Crippen molar-refractivity contribution in [3.8, 4) is 0 Å². The number of nitrogens with zero attached hydrogens (tertiary/aromatic N) is 2. The molecule has 0 saturated heterocycles. The smallest absolute Gasteiger partial charge is 0.319 e. The lowest BCUT2D eigenvalue weighted by atomic mass is 10.1. The molecule has 2 aromatic heterocycles. The maximum atomic E-state index is 13.8. The number of fused-ring (bicyclic) bond motifs is 1. The zero-order valence-corrected chi connectivity index (χ0v) is 15.2. The van der Waals surface area contributed by atoms with E-state index in [0.717, 1.165) is 29.6 Å². The molecule has 0 aliphatic rings. The highest BCUT2D eigenvalue weighted by molar-refractivity contribution is 6.31. The van der Waals surface area contributed by atoms with Crippen LogP contribution in [0.4, 0.5) is 14.9 Å². The Morgan fingerprint density at radius 1 is 1.31 bits per heavy atom. The first kappa shape index (κ1) is 18.2. The Balaban J connectivity index is 1.62. The highest BCUT2D eigenvalue weighted by Crippen LogP contribution is 2.22. The number of halogens is 2. The van der Waals surface area contributed by atoms with Gasteiger partial charge in [0.15, 0.2) is 5.82 Å². The zero-order valence-electron chi connectivity index (χ0n) is 14.4. The van der Waals surface area contributed by atoms with Gasteiger partial charge in [0.05, 0.1) is 10.7 Å². The second-order valence-corrected chi connectivity index (χ2v) is 6.36. The van der Waals surface area contributed by atoms with Crippen LogP contribution in [0.25, 0.3) is 11.0 Å². The van der Waals surface area contributed by atoms with Gasteiger partial charge >= 0.3 is 6.03 Å². The summed E-state index contributed by atoms with van der Waals surface area (Å²) in [4.78, 5) is 16.4. The molecule has 0 radical (unpaired) electrons. The summed E-state index contributed by atoms with van der Waals surface area (Å²) in [5, 5.41) is 6.27. The van der Waals surface area contributed by atoms with Crippen molar-refractivity contribution in [3.63, 3.8) is 0 Å². The van der Waals surface area contributed by atoms with Gasteiger partial charge in [0, 0.05) is 30.9 Å². The Bertz CT molecular complexity index is 925. The van der Waals surface area contributed by atoms with Crippen LogP contribution >= 0.6 is 11.6 Å². The summed E-state index contributed by atoms with van der Waals surface area (Å²) in [5.41, 5.74) is 2.13. The summed E-state index contributed by atoms with van der Waals surface area (Å²) in [5.74, 6) is -0.641. The van der Waals surface area contributed by atoms with Crippen LogP contribution in [0.15, 0.2) is 42.7 Å². The number of hydrogen-bond donors (Lipinski definition) is 2. The molecule has 136 valence electrons. The Hall–Kier alpha value is -2.60. The predicted octanol–water partition coefficient (Wildman–Crippen LogP) is 4.60. The SMILES string of the molecule is CCCn1cc(CCNC(=O)Nc2cccc(Cl)c2F)c2cccnc21. The fourth-order valence-corrected chi connectivity index (χ4v) is 3.06. The first-order chi connectivity index (χ1) is 12.6. The van der Waals surface area contributed by atoms with Crippen LogP contribution in [0.3, 0.4) is 0 Å². The predicted molar refractivity (Wildman–Crippen MR) is 102 cm³/mol. The summed E-state index contributed by atoms with van der Waals surface area (Å²) >= 11 is 5.71. The number of urea groups is 1. The summed E-state index contributed by atoms with van der Waals surface area (Å²) < 4.78 is 15.9. The molecule has 2 N–H and O–H groups in total. The van der Waals surface area contributed by atoms with Crippen molar-refractivity contribution in [2.24, 2.45) is 0 Å². The number of aromatic nitrogens is 2. The molecule has 0 bridgehead atoms. The molecule has 2 heterocycles. The van der Waals surface area contributed by atoms with Crippen LogP contribution in [0.2, 0.25) is 5.02 Å². The van der Waals surface area contributed by atoms with Gasteiger partial charge < -0.3 is 15.2 Å². The number of benzene rings is 1. The van der Waals surface area contributed by atoms with E-state index in [4.69, 9.17) is 11.6 Å². The minimum Gasteiger partial charge on any atom is -0.338 e. The van der Waals surface area contributed by atoms with Gasteiger partial charge in [-0.2, -0.15) is 0 Å². The third kappa shape index (κ3) is 3.96. The normalized spacial score (nSPS) is 10.9. The number of amides is 2. The van der Waals surface area contributed by atoms with Gasteiger partial charge in [0.25, 0.3) is 0 Å².